The summed E-state index contributed by atoms with van der Waals surface area (Å²) in [5.41, 5.74) is 6.24. The summed E-state index contributed by atoms with van der Waals surface area (Å²) in [5, 5.41) is 0. The average Bonchev–Trinajstić information content (AvgIpc) is 2.84. The van der Waals surface area contributed by atoms with Crippen LogP contribution in [-0.2, 0) is 9.53 Å². The van der Waals surface area contributed by atoms with Gasteiger partial charge in [-0.25, -0.2) is 0 Å². The van der Waals surface area contributed by atoms with Gasteiger partial charge >= 0.3 is 0 Å². The van der Waals surface area contributed by atoms with Crippen molar-refractivity contribution < 1.29 is 9.53 Å². The number of amides is 1. The zero-order chi connectivity index (χ0) is 15.1. The maximum Gasteiger partial charge on any atom is 0.227 e. The van der Waals surface area contributed by atoms with Gasteiger partial charge in [0.25, 0.3) is 0 Å². The van der Waals surface area contributed by atoms with E-state index in [1.54, 1.807) is 7.11 Å². The van der Waals surface area contributed by atoms with E-state index in [9.17, 15) is 4.79 Å². The maximum absolute atomic E-state index is 12.8. The first-order chi connectivity index (χ1) is 10.2. The Morgan fingerprint density at radius 3 is 2.71 bits per heavy atom. The van der Waals surface area contributed by atoms with Crippen LogP contribution in [0.3, 0.4) is 0 Å². The molecule has 0 bridgehead atoms. The van der Waals surface area contributed by atoms with E-state index in [-0.39, 0.29) is 12.0 Å². The molecule has 0 aromatic rings. The first-order valence-corrected chi connectivity index (χ1v) is 8.48. The molecule has 1 heterocycles. The van der Waals surface area contributed by atoms with Gasteiger partial charge in [0.05, 0.1) is 12.5 Å². The maximum atomic E-state index is 12.8. The number of methoxy groups -OCH3 is 1. The molecule has 5 nitrogen and oxygen atoms in total. The van der Waals surface area contributed by atoms with Gasteiger partial charge in [-0.3, -0.25) is 9.69 Å². The highest BCUT2D eigenvalue weighted by Crippen LogP contribution is 2.24. The third-order valence-electron chi connectivity index (χ3n) is 4.90. The summed E-state index contributed by atoms with van der Waals surface area (Å²) in [6.07, 6.45) is 6.58. The van der Waals surface area contributed by atoms with Gasteiger partial charge in [-0.15, -0.1) is 0 Å². The molecule has 2 N–H and O–H groups in total. The lowest BCUT2D eigenvalue weighted by molar-refractivity contribution is -0.136. The predicted molar refractivity (Wildman–Crippen MR) is 84.1 cm³/mol. The Balaban J connectivity index is 1.87. The van der Waals surface area contributed by atoms with Crippen LogP contribution in [0.2, 0.25) is 0 Å². The van der Waals surface area contributed by atoms with Crippen LogP contribution < -0.4 is 5.73 Å². The van der Waals surface area contributed by atoms with E-state index in [2.05, 4.69) is 9.80 Å². The summed E-state index contributed by atoms with van der Waals surface area (Å²) in [6.45, 7) is 5.46. The summed E-state index contributed by atoms with van der Waals surface area (Å²) in [4.78, 5) is 17.2. The SMILES string of the molecule is COCCN1CCCN(C(=O)C2CCCCCC2N)CC1. The summed E-state index contributed by atoms with van der Waals surface area (Å²) < 4.78 is 5.14. The van der Waals surface area contributed by atoms with Gasteiger partial charge in [-0.1, -0.05) is 19.3 Å². The average molecular weight is 297 g/mol. The van der Waals surface area contributed by atoms with Crippen molar-refractivity contribution in [3.05, 3.63) is 0 Å². The van der Waals surface area contributed by atoms with Crippen molar-refractivity contribution >= 4 is 5.91 Å². The normalized spacial score (nSPS) is 29.0. The summed E-state index contributed by atoms with van der Waals surface area (Å²) in [5.74, 6) is 0.357. The molecule has 122 valence electrons. The van der Waals surface area contributed by atoms with Crippen molar-refractivity contribution in [2.24, 2.45) is 11.7 Å². The van der Waals surface area contributed by atoms with Crippen LogP contribution in [0, 0.1) is 5.92 Å². The smallest absolute Gasteiger partial charge is 0.227 e. The molecule has 1 saturated carbocycles. The van der Waals surface area contributed by atoms with Crippen LogP contribution in [0.1, 0.15) is 38.5 Å². The van der Waals surface area contributed by atoms with Crippen molar-refractivity contribution in [1.82, 2.24) is 9.80 Å². The molecule has 0 aromatic carbocycles. The second-order valence-corrected chi connectivity index (χ2v) is 6.42. The summed E-state index contributed by atoms with van der Waals surface area (Å²) in [6, 6.07) is 0.0628. The van der Waals surface area contributed by atoms with Crippen molar-refractivity contribution in [2.45, 2.75) is 44.6 Å². The van der Waals surface area contributed by atoms with Crippen molar-refractivity contribution in [3.63, 3.8) is 0 Å². The Morgan fingerprint density at radius 1 is 1.10 bits per heavy atom. The van der Waals surface area contributed by atoms with Crippen molar-refractivity contribution in [1.29, 1.82) is 0 Å². The molecule has 2 rings (SSSR count). The second-order valence-electron chi connectivity index (χ2n) is 6.42. The van der Waals surface area contributed by atoms with Gasteiger partial charge in [-0.2, -0.15) is 0 Å². The Bertz CT molecular complexity index is 325. The highest BCUT2D eigenvalue weighted by Gasteiger charge is 2.31. The first kappa shape index (κ1) is 16.7. The van der Waals surface area contributed by atoms with Crippen molar-refractivity contribution in [2.75, 3.05) is 46.4 Å². The highest BCUT2D eigenvalue weighted by atomic mass is 16.5. The minimum atomic E-state index is 0.0537. The molecule has 2 unspecified atom stereocenters. The van der Waals surface area contributed by atoms with Gasteiger partial charge in [0.1, 0.15) is 0 Å². The lowest BCUT2D eigenvalue weighted by Gasteiger charge is -2.28. The first-order valence-electron chi connectivity index (χ1n) is 8.48. The van der Waals surface area contributed by atoms with E-state index in [0.29, 0.717) is 5.91 Å². The lowest BCUT2D eigenvalue weighted by atomic mass is 9.94. The molecule has 0 aromatic heterocycles. The molecule has 0 radical (unpaired) electrons. The van der Waals surface area contributed by atoms with E-state index in [1.807, 2.05) is 0 Å². The Hall–Kier alpha value is -0.650. The third-order valence-corrected chi connectivity index (χ3v) is 4.90. The molecule has 1 aliphatic carbocycles. The van der Waals surface area contributed by atoms with Crippen LogP contribution in [0.25, 0.3) is 0 Å². The molecule has 5 heteroatoms. The van der Waals surface area contributed by atoms with E-state index in [1.165, 1.54) is 12.8 Å². The van der Waals surface area contributed by atoms with E-state index in [4.69, 9.17) is 10.5 Å². The summed E-state index contributed by atoms with van der Waals surface area (Å²) >= 11 is 0. The number of carbonyl (C=O) groups is 1. The number of hydrogen-bond donors (Lipinski definition) is 1. The third kappa shape index (κ3) is 4.94. The predicted octanol–water partition coefficient (Wildman–Crippen LogP) is 1.07. The largest absolute Gasteiger partial charge is 0.383 e. The quantitative estimate of drug-likeness (QED) is 0.789. The minimum Gasteiger partial charge on any atom is -0.383 e. The number of rotatable bonds is 4. The van der Waals surface area contributed by atoms with Crippen LogP contribution in [-0.4, -0.2) is 68.2 Å². The fourth-order valence-electron chi connectivity index (χ4n) is 3.51. The monoisotopic (exact) mass is 297 g/mol. The molecule has 2 fully saturated rings. The molecular formula is C16H31N3O2. The molecule has 21 heavy (non-hydrogen) atoms. The van der Waals surface area contributed by atoms with E-state index < -0.39 is 0 Å². The van der Waals surface area contributed by atoms with Gasteiger partial charge in [0, 0.05) is 39.3 Å². The molecule has 0 spiro atoms. The molecule has 2 atom stereocenters. The molecule has 1 saturated heterocycles. The number of ether oxygens (including phenoxy) is 1. The van der Waals surface area contributed by atoms with E-state index >= 15 is 0 Å². The van der Waals surface area contributed by atoms with Crippen LogP contribution in [0.5, 0.6) is 0 Å². The van der Waals surface area contributed by atoms with Gasteiger partial charge in [0.2, 0.25) is 5.91 Å². The minimum absolute atomic E-state index is 0.0537. The number of carbonyl (C=O) groups excluding carboxylic acids is 1. The Morgan fingerprint density at radius 2 is 1.90 bits per heavy atom. The fraction of sp³-hybridized carbons (Fsp3) is 0.938. The van der Waals surface area contributed by atoms with Gasteiger partial charge in [0.15, 0.2) is 0 Å². The number of nitrogens with two attached hydrogens (primary N) is 1. The summed E-state index contributed by atoms with van der Waals surface area (Å²) in [7, 11) is 1.74. The Labute approximate surface area is 128 Å². The molecule has 1 amide bonds. The topological polar surface area (TPSA) is 58.8 Å². The zero-order valence-electron chi connectivity index (χ0n) is 13.4. The number of hydrogen-bond acceptors (Lipinski definition) is 4. The molecular weight excluding hydrogens is 266 g/mol. The van der Waals surface area contributed by atoms with Crippen LogP contribution >= 0.6 is 0 Å². The van der Waals surface area contributed by atoms with Crippen LogP contribution in [0.4, 0.5) is 0 Å². The fourth-order valence-corrected chi connectivity index (χ4v) is 3.51. The molecule has 2 aliphatic rings. The number of nitrogens with zero attached hydrogens (tertiary/aromatic N) is 2. The second kappa shape index (κ2) is 8.71. The highest BCUT2D eigenvalue weighted by molar-refractivity contribution is 5.79. The van der Waals surface area contributed by atoms with Crippen LogP contribution in [0.15, 0.2) is 0 Å². The molecule has 1 aliphatic heterocycles. The van der Waals surface area contributed by atoms with Gasteiger partial charge in [-0.05, 0) is 25.8 Å². The zero-order valence-corrected chi connectivity index (χ0v) is 13.4. The van der Waals surface area contributed by atoms with E-state index in [0.717, 1.165) is 65.0 Å². The van der Waals surface area contributed by atoms with Gasteiger partial charge < -0.3 is 15.4 Å². The Kier molecular flexibility index (Phi) is 6.93. The standard InChI is InChI=1S/C16H31N3O2/c1-21-13-12-18-8-5-9-19(11-10-18)16(20)14-6-3-2-4-7-15(14)17/h14-15H,2-13,17H2,1H3. The van der Waals surface area contributed by atoms with Crippen molar-refractivity contribution in [3.8, 4) is 0 Å². The lowest BCUT2D eigenvalue weighted by Crippen LogP contribution is -2.45.